The summed E-state index contributed by atoms with van der Waals surface area (Å²) in [5.74, 6) is 0.820. The number of hydrogen-bond acceptors (Lipinski definition) is 3. The summed E-state index contributed by atoms with van der Waals surface area (Å²) in [6, 6.07) is 8.09. The van der Waals surface area contributed by atoms with Crippen LogP contribution < -0.4 is 5.73 Å². The summed E-state index contributed by atoms with van der Waals surface area (Å²) in [4.78, 5) is 2.23. The van der Waals surface area contributed by atoms with E-state index in [1.165, 1.54) is 12.8 Å². The highest BCUT2D eigenvalue weighted by Gasteiger charge is 2.31. The van der Waals surface area contributed by atoms with Crippen molar-refractivity contribution in [3.8, 4) is 0 Å². The fraction of sp³-hybridized carbons (Fsp3) is 0.571. The lowest BCUT2D eigenvalue weighted by Crippen LogP contribution is -2.34. The van der Waals surface area contributed by atoms with Gasteiger partial charge in [0.25, 0.3) is 0 Å². The SMILES string of the molecule is CC(C1CC1)N(C)CC(O)c1ccccc1N. The summed E-state index contributed by atoms with van der Waals surface area (Å²) in [7, 11) is 2.07. The molecule has 3 N–H and O–H groups in total. The normalized spacial score (nSPS) is 19.3. The van der Waals surface area contributed by atoms with Crippen LogP contribution >= 0.6 is 0 Å². The molecule has 0 bridgehead atoms. The second-order valence-corrected chi connectivity index (χ2v) is 5.16. The number of hydrogen-bond donors (Lipinski definition) is 2. The minimum absolute atomic E-state index is 0.498. The second-order valence-electron chi connectivity index (χ2n) is 5.16. The lowest BCUT2D eigenvalue weighted by molar-refractivity contribution is 0.103. The van der Waals surface area contributed by atoms with E-state index in [4.69, 9.17) is 5.73 Å². The van der Waals surface area contributed by atoms with E-state index in [-0.39, 0.29) is 0 Å². The van der Waals surface area contributed by atoms with Crippen LogP contribution in [-0.4, -0.2) is 29.6 Å². The van der Waals surface area contributed by atoms with Crippen LogP contribution in [0.15, 0.2) is 24.3 Å². The summed E-state index contributed by atoms with van der Waals surface area (Å²) in [5, 5.41) is 10.2. The number of rotatable bonds is 5. The fourth-order valence-corrected chi connectivity index (χ4v) is 2.29. The van der Waals surface area contributed by atoms with E-state index in [0.717, 1.165) is 11.5 Å². The van der Waals surface area contributed by atoms with Crippen LogP contribution in [0.3, 0.4) is 0 Å². The molecule has 2 atom stereocenters. The Hall–Kier alpha value is -1.06. The van der Waals surface area contributed by atoms with E-state index in [9.17, 15) is 5.11 Å². The van der Waals surface area contributed by atoms with Crippen molar-refractivity contribution in [3.05, 3.63) is 29.8 Å². The number of anilines is 1. The third-order valence-corrected chi connectivity index (χ3v) is 3.82. The fourth-order valence-electron chi connectivity index (χ4n) is 2.29. The van der Waals surface area contributed by atoms with Gasteiger partial charge in [-0.05, 0) is 38.8 Å². The van der Waals surface area contributed by atoms with Crippen molar-refractivity contribution in [3.63, 3.8) is 0 Å². The number of likely N-dealkylation sites (N-methyl/N-ethyl adjacent to an activating group) is 1. The van der Waals surface area contributed by atoms with E-state index in [2.05, 4.69) is 18.9 Å². The van der Waals surface area contributed by atoms with Crippen molar-refractivity contribution in [1.82, 2.24) is 4.90 Å². The average Bonchev–Trinajstić information content (AvgIpc) is 3.12. The Morgan fingerprint density at radius 1 is 1.41 bits per heavy atom. The predicted molar refractivity (Wildman–Crippen MR) is 70.6 cm³/mol. The second kappa shape index (κ2) is 5.07. The quantitative estimate of drug-likeness (QED) is 0.766. The first kappa shape index (κ1) is 12.4. The third kappa shape index (κ3) is 2.99. The van der Waals surface area contributed by atoms with Crippen LogP contribution in [-0.2, 0) is 0 Å². The van der Waals surface area contributed by atoms with E-state index < -0.39 is 6.10 Å². The molecule has 1 aromatic rings. The number of aliphatic hydroxyl groups is 1. The van der Waals surface area contributed by atoms with Crippen LogP contribution in [0.4, 0.5) is 5.69 Å². The standard InChI is InChI=1S/C14H22N2O/c1-10(11-7-8-11)16(2)9-14(17)12-5-3-4-6-13(12)15/h3-6,10-11,14,17H,7-9,15H2,1-2H3. The van der Waals surface area contributed by atoms with Gasteiger partial charge in [0.1, 0.15) is 0 Å². The van der Waals surface area contributed by atoms with E-state index in [1.54, 1.807) is 0 Å². The first-order chi connectivity index (χ1) is 8.09. The van der Waals surface area contributed by atoms with Gasteiger partial charge in [0.2, 0.25) is 0 Å². The minimum atomic E-state index is -0.498. The monoisotopic (exact) mass is 234 g/mol. The average molecular weight is 234 g/mol. The molecule has 0 radical (unpaired) electrons. The molecule has 1 fully saturated rings. The van der Waals surface area contributed by atoms with Crippen LogP contribution in [0.1, 0.15) is 31.4 Å². The molecular formula is C14H22N2O. The zero-order chi connectivity index (χ0) is 12.4. The summed E-state index contributed by atoms with van der Waals surface area (Å²) in [6.07, 6.45) is 2.16. The molecule has 17 heavy (non-hydrogen) atoms. The van der Waals surface area contributed by atoms with Gasteiger partial charge in [-0.15, -0.1) is 0 Å². The highest BCUT2D eigenvalue weighted by Crippen LogP contribution is 2.35. The Balaban J connectivity index is 1.96. The van der Waals surface area contributed by atoms with Gasteiger partial charge in [0.15, 0.2) is 0 Å². The number of para-hydroxylation sites is 1. The molecule has 0 aromatic heterocycles. The van der Waals surface area contributed by atoms with Crippen LogP contribution in [0, 0.1) is 5.92 Å². The molecule has 0 aliphatic heterocycles. The molecule has 94 valence electrons. The van der Waals surface area contributed by atoms with Crippen LogP contribution in [0.25, 0.3) is 0 Å². The van der Waals surface area contributed by atoms with E-state index in [0.29, 0.717) is 18.3 Å². The van der Waals surface area contributed by atoms with Gasteiger partial charge in [-0.25, -0.2) is 0 Å². The smallest absolute Gasteiger partial charge is 0.0936 e. The summed E-state index contributed by atoms with van der Waals surface area (Å²) in [5.41, 5.74) is 7.38. The number of nitrogens with zero attached hydrogens (tertiary/aromatic N) is 1. The summed E-state index contributed by atoms with van der Waals surface area (Å²) >= 11 is 0. The number of nitrogen functional groups attached to an aromatic ring is 1. The van der Waals surface area contributed by atoms with E-state index in [1.807, 2.05) is 24.3 Å². The Bertz CT molecular complexity index is 376. The largest absolute Gasteiger partial charge is 0.398 e. The van der Waals surface area contributed by atoms with Crippen molar-refractivity contribution in [1.29, 1.82) is 0 Å². The maximum Gasteiger partial charge on any atom is 0.0936 e. The van der Waals surface area contributed by atoms with Crippen LogP contribution in [0.2, 0.25) is 0 Å². The van der Waals surface area contributed by atoms with Crippen molar-refractivity contribution in [2.45, 2.75) is 31.9 Å². The van der Waals surface area contributed by atoms with Crippen molar-refractivity contribution in [2.75, 3.05) is 19.3 Å². The lowest BCUT2D eigenvalue weighted by atomic mass is 10.1. The molecule has 0 amide bonds. The molecule has 1 saturated carbocycles. The van der Waals surface area contributed by atoms with Gasteiger partial charge >= 0.3 is 0 Å². The molecule has 0 spiro atoms. The van der Waals surface area contributed by atoms with Crippen molar-refractivity contribution >= 4 is 5.69 Å². The topological polar surface area (TPSA) is 49.5 Å². The number of aliphatic hydroxyl groups excluding tert-OH is 1. The molecular weight excluding hydrogens is 212 g/mol. The highest BCUT2D eigenvalue weighted by atomic mass is 16.3. The molecule has 0 heterocycles. The Morgan fingerprint density at radius 2 is 2.06 bits per heavy atom. The summed E-state index contributed by atoms with van der Waals surface area (Å²) < 4.78 is 0. The molecule has 3 heteroatoms. The van der Waals surface area contributed by atoms with Gasteiger partial charge in [0, 0.05) is 23.8 Å². The molecule has 2 rings (SSSR count). The maximum absolute atomic E-state index is 10.2. The zero-order valence-corrected chi connectivity index (χ0v) is 10.6. The first-order valence-electron chi connectivity index (χ1n) is 6.32. The van der Waals surface area contributed by atoms with Gasteiger partial charge < -0.3 is 15.7 Å². The summed E-state index contributed by atoms with van der Waals surface area (Å²) in [6.45, 7) is 2.88. The molecule has 2 unspecified atom stereocenters. The predicted octanol–water partition coefficient (Wildman–Crippen LogP) is 2.03. The minimum Gasteiger partial charge on any atom is -0.398 e. The maximum atomic E-state index is 10.2. The molecule has 1 aliphatic carbocycles. The highest BCUT2D eigenvalue weighted by molar-refractivity contribution is 5.47. The zero-order valence-electron chi connectivity index (χ0n) is 10.6. The number of benzene rings is 1. The van der Waals surface area contributed by atoms with Gasteiger partial charge in [0.05, 0.1) is 6.10 Å². The Morgan fingerprint density at radius 3 is 2.65 bits per heavy atom. The molecule has 3 nitrogen and oxygen atoms in total. The Kier molecular flexibility index (Phi) is 3.69. The van der Waals surface area contributed by atoms with Gasteiger partial charge in [-0.2, -0.15) is 0 Å². The molecule has 1 aromatic carbocycles. The van der Waals surface area contributed by atoms with E-state index >= 15 is 0 Å². The van der Waals surface area contributed by atoms with Crippen molar-refractivity contribution < 1.29 is 5.11 Å². The van der Waals surface area contributed by atoms with Crippen molar-refractivity contribution in [2.24, 2.45) is 5.92 Å². The third-order valence-electron chi connectivity index (χ3n) is 3.82. The molecule has 1 aliphatic rings. The number of nitrogens with two attached hydrogens (primary N) is 1. The van der Waals surface area contributed by atoms with Gasteiger partial charge in [-0.1, -0.05) is 18.2 Å². The first-order valence-corrected chi connectivity index (χ1v) is 6.32. The van der Waals surface area contributed by atoms with Gasteiger partial charge in [-0.3, -0.25) is 0 Å². The molecule has 0 saturated heterocycles. The Labute approximate surface area is 103 Å². The van der Waals surface area contributed by atoms with Crippen LogP contribution in [0.5, 0.6) is 0 Å². The lowest BCUT2D eigenvalue weighted by Gasteiger charge is -2.27.